The van der Waals surface area contributed by atoms with Gasteiger partial charge in [0.25, 0.3) is 0 Å². The molecule has 90 valence electrons. The van der Waals surface area contributed by atoms with Crippen molar-refractivity contribution in [3.05, 3.63) is 20.3 Å². The highest BCUT2D eigenvalue weighted by molar-refractivity contribution is 7.20. The maximum atomic E-state index is 6.14. The molecule has 1 aromatic rings. The van der Waals surface area contributed by atoms with Gasteiger partial charge in [0.05, 0.1) is 16.5 Å². The van der Waals surface area contributed by atoms with E-state index in [9.17, 15) is 0 Å². The lowest BCUT2D eigenvalue weighted by atomic mass is 10.2. The zero-order valence-electron chi connectivity index (χ0n) is 9.30. The minimum atomic E-state index is 0.0104. The van der Waals surface area contributed by atoms with Gasteiger partial charge in [-0.3, -0.25) is 0 Å². The van der Waals surface area contributed by atoms with Gasteiger partial charge in [0, 0.05) is 18.2 Å². The summed E-state index contributed by atoms with van der Waals surface area (Å²) in [6, 6.07) is 2.39. The van der Waals surface area contributed by atoms with Crippen molar-refractivity contribution in [1.82, 2.24) is 5.32 Å². The maximum absolute atomic E-state index is 6.14. The van der Waals surface area contributed by atoms with Crippen LogP contribution in [0.5, 0.6) is 0 Å². The van der Waals surface area contributed by atoms with E-state index >= 15 is 0 Å². The van der Waals surface area contributed by atoms with Gasteiger partial charge in [-0.2, -0.15) is 0 Å². The van der Waals surface area contributed by atoms with Crippen LogP contribution in [-0.2, 0) is 4.74 Å². The summed E-state index contributed by atoms with van der Waals surface area (Å²) in [6.07, 6.45) is 1.27. The first kappa shape index (κ1) is 12.7. The molecule has 0 aliphatic carbocycles. The third-order valence-electron chi connectivity index (χ3n) is 2.76. The van der Waals surface area contributed by atoms with E-state index in [-0.39, 0.29) is 12.2 Å². The summed E-state index contributed by atoms with van der Waals surface area (Å²) in [5, 5.41) is 3.44. The molecule has 0 spiro atoms. The van der Waals surface area contributed by atoms with Crippen molar-refractivity contribution < 1.29 is 4.74 Å². The fourth-order valence-electron chi connectivity index (χ4n) is 2.03. The zero-order valence-corrected chi connectivity index (χ0v) is 11.6. The number of ether oxygens (including phenoxy) is 1. The molecule has 1 aliphatic heterocycles. The highest BCUT2D eigenvalue weighted by Gasteiger charge is 2.25. The van der Waals surface area contributed by atoms with Gasteiger partial charge >= 0.3 is 0 Å². The molecule has 2 rings (SSSR count). The van der Waals surface area contributed by atoms with Crippen LogP contribution in [0.3, 0.4) is 0 Å². The van der Waals surface area contributed by atoms with E-state index in [4.69, 9.17) is 27.9 Å². The Balaban J connectivity index is 2.17. The van der Waals surface area contributed by atoms with Gasteiger partial charge in [0.15, 0.2) is 0 Å². The molecule has 1 N–H and O–H groups in total. The Kier molecular flexibility index (Phi) is 4.14. The van der Waals surface area contributed by atoms with Gasteiger partial charge in [0.1, 0.15) is 4.34 Å². The van der Waals surface area contributed by atoms with Crippen LogP contribution in [-0.4, -0.2) is 18.7 Å². The third-order valence-corrected chi connectivity index (χ3v) is 4.28. The Hall–Kier alpha value is 0.200. The van der Waals surface area contributed by atoms with Crippen LogP contribution in [0.2, 0.25) is 8.67 Å². The molecule has 1 saturated heterocycles. The van der Waals surface area contributed by atoms with E-state index in [0.717, 1.165) is 22.9 Å². The van der Waals surface area contributed by atoms with Crippen LogP contribution < -0.4 is 5.32 Å². The third kappa shape index (κ3) is 2.90. The second kappa shape index (κ2) is 5.23. The number of rotatable bonds is 1. The van der Waals surface area contributed by atoms with E-state index in [0.29, 0.717) is 10.4 Å². The van der Waals surface area contributed by atoms with Gasteiger partial charge in [-0.1, -0.05) is 23.2 Å². The molecule has 2 heterocycles. The molecule has 0 bridgehead atoms. The molecule has 0 radical (unpaired) electrons. The number of hydrogen-bond donors (Lipinski definition) is 1. The summed E-state index contributed by atoms with van der Waals surface area (Å²) in [6.45, 7) is 5.06. The Morgan fingerprint density at radius 3 is 2.81 bits per heavy atom. The van der Waals surface area contributed by atoms with Gasteiger partial charge < -0.3 is 10.1 Å². The van der Waals surface area contributed by atoms with Gasteiger partial charge in [-0.25, -0.2) is 0 Å². The van der Waals surface area contributed by atoms with E-state index in [1.165, 1.54) is 11.3 Å². The summed E-state index contributed by atoms with van der Waals surface area (Å²) in [5.41, 5.74) is 1.00. The van der Waals surface area contributed by atoms with Crippen molar-refractivity contribution in [3.63, 3.8) is 0 Å². The van der Waals surface area contributed by atoms with E-state index in [1.54, 1.807) is 0 Å². The number of hydrogen-bond acceptors (Lipinski definition) is 3. The van der Waals surface area contributed by atoms with Crippen molar-refractivity contribution in [2.45, 2.75) is 38.5 Å². The predicted octanol–water partition coefficient (Wildman–Crippen LogP) is 3.88. The van der Waals surface area contributed by atoms with Crippen LogP contribution in [0.1, 0.15) is 31.9 Å². The summed E-state index contributed by atoms with van der Waals surface area (Å²) in [7, 11) is 0. The summed E-state index contributed by atoms with van der Waals surface area (Å²) in [5.74, 6) is 0. The molecular formula is C11H15Cl2NOS. The maximum Gasteiger partial charge on any atom is 0.100 e. The quantitative estimate of drug-likeness (QED) is 0.842. The molecule has 0 amide bonds. The molecule has 2 nitrogen and oxygen atoms in total. The molecule has 3 atom stereocenters. The average Bonchev–Trinajstić information content (AvgIpc) is 2.41. The largest absolute Gasteiger partial charge is 0.369 e. The Morgan fingerprint density at radius 2 is 2.19 bits per heavy atom. The average molecular weight is 280 g/mol. The second-order valence-electron chi connectivity index (χ2n) is 4.26. The van der Waals surface area contributed by atoms with Crippen LogP contribution >= 0.6 is 34.5 Å². The first-order valence-electron chi connectivity index (χ1n) is 5.40. The molecule has 3 unspecified atom stereocenters. The predicted molar refractivity (Wildman–Crippen MR) is 69.7 cm³/mol. The van der Waals surface area contributed by atoms with Crippen molar-refractivity contribution in [2.24, 2.45) is 0 Å². The zero-order chi connectivity index (χ0) is 11.7. The Bertz CT molecular complexity index is 369. The fourth-order valence-corrected chi connectivity index (χ4v) is 3.59. The smallest absolute Gasteiger partial charge is 0.100 e. The van der Waals surface area contributed by atoms with Crippen molar-refractivity contribution in [2.75, 3.05) is 6.54 Å². The highest BCUT2D eigenvalue weighted by Crippen LogP contribution is 2.37. The highest BCUT2D eigenvalue weighted by atomic mass is 35.5. The fraction of sp³-hybridized carbons (Fsp3) is 0.636. The van der Waals surface area contributed by atoms with Crippen LogP contribution in [0.25, 0.3) is 0 Å². The number of nitrogens with one attached hydrogen (secondary N) is 1. The minimum Gasteiger partial charge on any atom is -0.369 e. The van der Waals surface area contributed by atoms with Crippen LogP contribution in [0, 0.1) is 0 Å². The Morgan fingerprint density at radius 1 is 1.44 bits per heavy atom. The topological polar surface area (TPSA) is 21.3 Å². The van der Waals surface area contributed by atoms with Crippen molar-refractivity contribution in [3.8, 4) is 0 Å². The Labute approximate surface area is 110 Å². The standard InChI is InChI=1S/C11H15Cl2NOS/c1-6-3-7(2)15-9(5-14-6)8-4-10(12)16-11(8)13/h4,6-7,9,14H,3,5H2,1-2H3. The van der Waals surface area contributed by atoms with Crippen LogP contribution in [0.15, 0.2) is 6.07 Å². The van der Waals surface area contributed by atoms with Gasteiger partial charge in [0.2, 0.25) is 0 Å². The van der Waals surface area contributed by atoms with Gasteiger partial charge in [-0.05, 0) is 26.3 Å². The van der Waals surface area contributed by atoms with E-state index in [2.05, 4.69) is 19.2 Å². The number of halogens is 2. The molecule has 0 saturated carbocycles. The number of thiophene rings is 1. The minimum absolute atomic E-state index is 0.0104. The lowest BCUT2D eigenvalue weighted by molar-refractivity contribution is 0.00746. The molecule has 1 aliphatic rings. The molecule has 5 heteroatoms. The second-order valence-corrected chi connectivity index (χ2v) is 6.55. The monoisotopic (exact) mass is 279 g/mol. The molecule has 16 heavy (non-hydrogen) atoms. The summed E-state index contributed by atoms with van der Waals surface area (Å²) in [4.78, 5) is 0. The van der Waals surface area contributed by atoms with Gasteiger partial charge in [-0.15, -0.1) is 11.3 Å². The van der Waals surface area contributed by atoms with Crippen molar-refractivity contribution >= 4 is 34.5 Å². The van der Waals surface area contributed by atoms with Crippen molar-refractivity contribution in [1.29, 1.82) is 0 Å². The van der Waals surface area contributed by atoms with E-state index < -0.39 is 0 Å². The normalized spacial score (nSPS) is 31.4. The lowest BCUT2D eigenvalue weighted by Crippen LogP contribution is -2.27. The molecule has 1 fully saturated rings. The summed E-state index contributed by atoms with van der Waals surface area (Å²) < 4.78 is 7.41. The molecule has 0 aromatic carbocycles. The molecule has 1 aromatic heterocycles. The first-order valence-corrected chi connectivity index (χ1v) is 6.97. The van der Waals surface area contributed by atoms with E-state index in [1.807, 2.05) is 6.07 Å². The SMILES string of the molecule is CC1CC(C)OC(c2cc(Cl)sc2Cl)CN1. The molecular weight excluding hydrogens is 265 g/mol. The van der Waals surface area contributed by atoms with Crippen LogP contribution in [0.4, 0.5) is 0 Å². The lowest BCUT2D eigenvalue weighted by Gasteiger charge is -2.17. The summed E-state index contributed by atoms with van der Waals surface area (Å²) >= 11 is 13.5. The first-order chi connectivity index (χ1) is 7.56.